The molecule has 17 heavy (non-hydrogen) atoms. The van der Waals surface area contributed by atoms with E-state index in [-0.39, 0.29) is 23.4 Å². The van der Waals surface area contributed by atoms with E-state index in [0.717, 1.165) is 25.0 Å². The van der Waals surface area contributed by atoms with Crippen LogP contribution in [0.2, 0.25) is 0 Å². The lowest BCUT2D eigenvalue weighted by Gasteiger charge is -2.13. The summed E-state index contributed by atoms with van der Waals surface area (Å²) in [6.07, 6.45) is 3.03. The molecule has 2 aliphatic heterocycles. The van der Waals surface area contributed by atoms with Crippen molar-refractivity contribution in [2.45, 2.75) is 43.0 Å². The van der Waals surface area contributed by atoms with Gasteiger partial charge in [0.2, 0.25) is 0 Å². The highest BCUT2D eigenvalue weighted by molar-refractivity contribution is 8.93. The minimum atomic E-state index is -0.707. The second-order valence-electron chi connectivity index (χ2n) is 4.27. The summed E-state index contributed by atoms with van der Waals surface area (Å²) in [4.78, 5) is 14.8. The largest absolute Gasteiger partial charge is 0.481 e. The minimum Gasteiger partial charge on any atom is -0.481 e. The maximum Gasteiger partial charge on any atom is 0.303 e. The molecule has 0 saturated carbocycles. The van der Waals surface area contributed by atoms with Crippen molar-refractivity contribution >= 4 is 40.7 Å². The molecule has 5 nitrogen and oxygen atoms in total. The van der Waals surface area contributed by atoms with Crippen LogP contribution in [-0.2, 0) is 4.79 Å². The van der Waals surface area contributed by atoms with Crippen LogP contribution in [0.4, 0.5) is 0 Å². The fourth-order valence-corrected chi connectivity index (χ4v) is 3.76. The zero-order chi connectivity index (χ0) is 11.5. The average molecular weight is 324 g/mol. The van der Waals surface area contributed by atoms with Gasteiger partial charge in [-0.3, -0.25) is 4.79 Å². The number of nitrogens with zero attached hydrogens (tertiary/aromatic N) is 1. The zero-order valence-electron chi connectivity index (χ0n) is 9.46. The number of hydrogen-bond donors (Lipinski definition) is 3. The van der Waals surface area contributed by atoms with E-state index in [1.165, 1.54) is 0 Å². The quantitative estimate of drug-likeness (QED) is 0.656. The van der Waals surface area contributed by atoms with Gasteiger partial charge in [0.05, 0.1) is 12.1 Å². The van der Waals surface area contributed by atoms with Crippen molar-refractivity contribution < 1.29 is 9.90 Å². The number of guanidine groups is 1. The molecule has 1 saturated heterocycles. The Morgan fingerprint density at radius 2 is 2.35 bits per heavy atom. The third-order valence-corrected chi connectivity index (χ3v) is 4.53. The van der Waals surface area contributed by atoms with Crippen molar-refractivity contribution in [3.63, 3.8) is 0 Å². The molecule has 2 rings (SSSR count). The molecule has 0 spiro atoms. The molecule has 0 radical (unpaired) electrons. The number of aliphatic carboxylic acids is 1. The molecule has 0 aromatic carbocycles. The lowest BCUT2D eigenvalue weighted by Crippen LogP contribution is -2.38. The molecule has 98 valence electrons. The van der Waals surface area contributed by atoms with Crippen LogP contribution in [-0.4, -0.2) is 40.1 Å². The number of rotatable bonds is 5. The molecule has 4 N–H and O–H groups in total. The number of aliphatic imine (C=N–C) groups is 1. The maximum atomic E-state index is 10.4. The molecule has 0 aromatic rings. The van der Waals surface area contributed by atoms with E-state index in [9.17, 15) is 4.79 Å². The molecule has 0 bridgehead atoms. The number of carbonyl (C=O) groups is 1. The van der Waals surface area contributed by atoms with Crippen LogP contribution in [0.25, 0.3) is 0 Å². The Morgan fingerprint density at radius 3 is 3.06 bits per heavy atom. The second-order valence-corrected chi connectivity index (χ2v) is 5.54. The molecule has 2 heterocycles. The molecule has 3 unspecified atom stereocenters. The van der Waals surface area contributed by atoms with Gasteiger partial charge in [0.15, 0.2) is 5.96 Å². The molecule has 0 amide bonds. The summed E-state index contributed by atoms with van der Waals surface area (Å²) in [5.74, 6) is 0.908. The van der Waals surface area contributed by atoms with Crippen molar-refractivity contribution in [2.24, 2.45) is 10.7 Å². The average Bonchev–Trinajstić information content (AvgIpc) is 2.72. The molecule has 7 heteroatoms. The number of fused-ring (bicyclic) bond motifs is 1. The normalized spacial score (nSPS) is 30.1. The molecule has 1 fully saturated rings. The van der Waals surface area contributed by atoms with Crippen LogP contribution in [0.3, 0.4) is 0 Å². The predicted octanol–water partition coefficient (Wildman–Crippen LogP) is 0.980. The van der Waals surface area contributed by atoms with Gasteiger partial charge in [0.25, 0.3) is 0 Å². The first-order valence-corrected chi connectivity index (χ1v) is 6.65. The Bertz CT molecular complexity index is 314. The number of hydrogen-bond acceptors (Lipinski definition) is 5. The van der Waals surface area contributed by atoms with Crippen molar-refractivity contribution in [3.8, 4) is 0 Å². The molecule has 3 atom stereocenters. The highest BCUT2D eigenvalue weighted by Crippen LogP contribution is 2.35. The number of halogens is 1. The fraction of sp³-hybridized carbons (Fsp3) is 0.800. The number of carboxylic acids is 1. The Morgan fingerprint density at radius 1 is 1.59 bits per heavy atom. The van der Waals surface area contributed by atoms with Gasteiger partial charge in [-0.05, 0) is 12.8 Å². The van der Waals surface area contributed by atoms with E-state index in [1.807, 2.05) is 11.8 Å². The van der Waals surface area contributed by atoms with Crippen molar-refractivity contribution in [1.29, 1.82) is 0 Å². The molecule has 0 aromatic heterocycles. The fourth-order valence-electron chi connectivity index (χ4n) is 2.25. The van der Waals surface area contributed by atoms with Crippen LogP contribution in [0.1, 0.15) is 25.7 Å². The van der Waals surface area contributed by atoms with Gasteiger partial charge in [-0.2, -0.15) is 11.8 Å². The topological polar surface area (TPSA) is 87.7 Å². The standard InChI is InChI=1S/C10H17N3O2S.BrH/c11-10-12-6-5-16-7(9(6)13-10)3-1-2-4-8(14)15;/h6-7,9H,1-5H2,(H,14,15)(H3,11,12,13);1H. The van der Waals surface area contributed by atoms with Gasteiger partial charge in [-0.1, -0.05) is 6.42 Å². The summed E-state index contributed by atoms with van der Waals surface area (Å²) in [6, 6.07) is 0.698. The summed E-state index contributed by atoms with van der Waals surface area (Å²) in [5.41, 5.74) is 5.63. The number of unbranched alkanes of at least 4 members (excludes halogenated alkanes) is 1. The van der Waals surface area contributed by atoms with Gasteiger partial charge in [0.1, 0.15) is 0 Å². The van der Waals surface area contributed by atoms with E-state index < -0.39 is 5.97 Å². The Kier molecular flexibility index (Phi) is 5.58. The van der Waals surface area contributed by atoms with E-state index in [1.54, 1.807) is 0 Å². The number of nitrogens with two attached hydrogens (primary N) is 1. The first-order chi connectivity index (χ1) is 7.66. The monoisotopic (exact) mass is 323 g/mol. The molecule has 0 aliphatic carbocycles. The van der Waals surface area contributed by atoms with Crippen LogP contribution in [0.15, 0.2) is 4.99 Å². The van der Waals surface area contributed by atoms with Crippen LogP contribution >= 0.6 is 28.7 Å². The van der Waals surface area contributed by atoms with Crippen molar-refractivity contribution in [1.82, 2.24) is 5.32 Å². The van der Waals surface area contributed by atoms with Gasteiger partial charge in [-0.25, -0.2) is 4.99 Å². The molecular weight excluding hydrogens is 306 g/mol. The third kappa shape index (κ3) is 3.77. The van der Waals surface area contributed by atoms with Gasteiger partial charge in [0, 0.05) is 17.4 Å². The lowest BCUT2D eigenvalue weighted by atomic mass is 10.0. The first kappa shape index (κ1) is 14.6. The predicted molar refractivity (Wildman–Crippen MR) is 75.0 cm³/mol. The SMILES string of the molecule is Br.NC1=NC2C(CSC2CCCCC(=O)O)N1. The molecular formula is C10H18BrN3O2S. The lowest BCUT2D eigenvalue weighted by molar-refractivity contribution is -0.137. The van der Waals surface area contributed by atoms with Crippen molar-refractivity contribution in [3.05, 3.63) is 0 Å². The highest BCUT2D eigenvalue weighted by Gasteiger charge is 2.39. The third-order valence-electron chi connectivity index (χ3n) is 3.03. The van der Waals surface area contributed by atoms with Crippen molar-refractivity contribution in [2.75, 3.05) is 5.75 Å². The first-order valence-electron chi connectivity index (χ1n) is 5.60. The summed E-state index contributed by atoms with van der Waals surface area (Å²) >= 11 is 1.92. The number of thioether (sulfide) groups is 1. The molecule has 2 aliphatic rings. The summed E-state index contributed by atoms with van der Waals surface area (Å²) in [5, 5.41) is 12.2. The van der Waals surface area contributed by atoms with E-state index >= 15 is 0 Å². The summed E-state index contributed by atoms with van der Waals surface area (Å²) in [6.45, 7) is 0. The van der Waals surface area contributed by atoms with E-state index in [2.05, 4.69) is 10.3 Å². The Labute approximate surface area is 115 Å². The van der Waals surface area contributed by atoms with E-state index in [0.29, 0.717) is 23.3 Å². The van der Waals surface area contributed by atoms with Gasteiger partial charge >= 0.3 is 5.97 Å². The second kappa shape index (κ2) is 6.49. The number of carboxylic acid groups (broad SMARTS) is 1. The Balaban J connectivity index is 0.00000144. The van der Waals surface area contributed by atoms with Gasteiger partial charge in [-0.15, -0.1) is 17.0 Å². The van der Waals surface area contributed by atoms with Crippen LogP contribution in [0.5, 0.6) is 0 Å². The summed E-state index contributed by atoms with van der Waals surface area (Å²) < 4.78 is 0. The van der Waals surface area contributed by atoms with Crippen LogP contribution in [0, 0.1) is 0 Å². The minimum absolute atomic E-state index is 0. The zero-order valence-corrected chi connectivity index (χ0v) is 12.0. The maximum absolute atomic E-state index is 10.4. The van der Waals surface area contributed by atoms with Gasteiger partial charge < -0.3 is 16.2 Å². The smallest absolute Gasteiger partial charge is 0.303 e. The summed E-state index contributed by atoms with van der Waals surface area (Å²) in [7, 11) is 0. The highest BCUT2D eigenvalue weighted by atomic mass is 79.9. The Hall–Kier alpha value is -0.430. The van der Waals surface area contributed by atoms with E-state index in [4.69, 9.17) is 10.8 Å². The van der Waals surface area contributed by atoms with Crippen LogP contribution < -0.4 is 11.1 Å². The number of nitrogens with one attached hydrogen (secondary N) is 1.